The maximum atomic E-state index is 8.72. The monoisotopic (exact) mass is 281 g/mol. The lowest BCUT2D eigenvalue weighted by Crippen LogP contribution is -2.23. The average Bonchev–Trinajstić information content (AvgIpc) is 2.65. The Labute approximate surface area is 119 Å². The van der Waals surface area contributed by atoms with Gasteiger partial charge in [-0.25, -0.2) is 0 Å². The standard InChI is InChI=1S/C15H23NO2S/c17-9-4-11-19-12-8-16-14-6-3-10-18-15-7-2-1-5-13(14)15/h1-2,5,7,14,16-17H,3-4,6,8-12H2. The minimum atomic E-state index is 0.299. The number of aliphatic hydroxyl groups excluding tert-OH is 1. The van der Waals surface area contributed by atoms with Gasteiger partial charge in [0.05, 0.1) is 6.61 Å². The zero-order chi connectivity index (χ0) is 13.3. The Morgan fingerprint density at radius 3 is 3.11 bits per heavy atom. The topological polar surface area (TPSA) is 41.5 Å². The minimum Gasteiger partial charge on any atom is -0.493 e. The van der Waals surface area contributed by atoms with Crippen molar-refractivity contribution in [3.8, 4) is 5.75 Å². The minimum absolute atomic E-state index is 0.299. The Balaban J connectivity index is 1.79. The van der Waals surface area contributed by atoms with Crippen molar-refractivity contribution in [1.29, 1.82) is 0 Å². The lowest BCUT2D eigenvalue weighted by molar-refractivity contribution is 0.296. The highest BCUT2D eigenvalue weighted by Crippen LogP contribution is 2.30. The first-order chi connectivity index (χ1) is 9.42. The van der Waals surface area contributed by atoms with E-state index in [1.165, 1.54) is 5.56 Å². The molecule has 0 spiro atoms. The van der Waals surface area contributed by atoms with Crippen molar-refractivity contribution >= 4 is 11.8 Å². The molecule has 1 aromatic rings. The molecule has 1 aromatic carbocycles. The average molecular weight is 281 g/mol. The largest absolute Gasteiger partial charge is 0.493 e. The molecule has 0 amide bonds. The molecule has 1 aliphatic rings. The van der Waals surface area contributed by atoms with Gasteiger partial charge in [0.15, 0.2) is 0 Å². The van der Waals surface area contributed by atoms with Crippen LogP contribution in [-0.2, 0) is 0 Å². The second-order valence-corrected chi connectivity index (χ2v) is 5.95. The molecule has 1 heterocycles. The van der Waals surface area contributed by atoms with Crippen molar-refractivity contribution < 1.29 is 9.84 Å². The van der Waals surface area contributed by atoms with E-state index in [0.29, 0.717) is 12.6 Å². The molecular formula is C15H23NO2S. The van der Waals surface area contributed by atoms with Crippen LogP contribution in [0.25, 0.3) is 0 Å². The van der Waals surface area contributed by atoms with E-state index >= 15 is 0 Å². The highest BCUT2D eigenvalue weighted by molar-refractivity contribution is 7.99. The smallest absolute Gasteiger partial charge is 0.124 e. The number of rotatable bonds is 7. The van der Waals surface area contributed by atoms with Crippen molar-refractivity contribution in [3.05, 3.63) is 29.8 Å². The molecule has 0 aromatic heterocycles. The van der Waals surface area contributed by atoms with Crippen LogP contribution in [0.4, 0.5) is 0 Å². The van der Waals surface area contributed by atoms with Gasteiger partial charge < -0.3 is 15.2 Å². The van der Waals surface area contributed by atoms with Crippen LogP contribution in [0.1, 0.15) is 30.9 Å². The fourth-order valence-electron chi connectivity index (χ4n) is 2.31. The summed E-state index contributed by atoms with van der Waals surface area (Å²) in [5, 5.41) is 12.4. The van der Waals surface area contributed by atoms with Crippen molar-refractivity contribution in [3.63, 3.8) is 0 Å². The lowest BCUT2D eigenvalue weighted by atomic mass is 10.0. The van der Waals surface area contributed by atoms with Gasteiger partial charge in [-0.3, -0.25) is 0 Å². The summed E-state index contributed by atoms with van der Waals surface area (Å²) in [5.41, 5.74) is 1.29. The molecule has 0 radical (unpaired) electrons. The second-order valence-electron chi connectivity index (χ2n) is 4.72. The highest BCUT2D eigenvalue weighted by Gasteiger charge is 2.18. The molecule has 0 saturated carbocycles. The quantitative estimate of drug-likeness (QED) is 0.754. The van der Waals surface area contributed by atoms with Gasteiger partial charge in [-0.1, -0.05) is 18.2 Å². The fourth-order valence-corrected chi connectivity index (χ4v) is 3.11. The van der Waals surface area contributed by atoms with Crippen LogP contribution in [0.2, 0.25) is 0 Å². The number of ether oxygens (including phenoxy) is 1. The maximum absolute atomic E-state index is 8.72. The van der Waals surface area contributed by atoms with E-state index in [0.717, 1.165) is 49.7 Å². The Bertz CT molecular complexity index is 373. The fraction of sp³-hybridized carbons (Fsp3) is 0.600. The summed E-state index contributed by atoms with van der Waals surface area (Å²) < 4.78 is 5.77. The summed E-state index contributed by atoms with van der Waals surface area (Å²) in [7, 11) is 0. The molecule has 0 fully saturated rings. The molecule has 0 saturated heterocycles. The van der Waals surface area contributed by atoms with Gasteiger partial charge in [-0.2, -0.15) is 11.8 Å². The number of fused-ring (bicyclic) bond motifs is 1. The van der Waals surface area contributed by atoms with Gasteiger partial charge in [-0.15, -0.1) is 0 Å². The predicted molar refractivity (Wildman–Crippen MR) is 80.9 cm³/mol. The van der Waals surface area contributed by atoms with Gasteiger partial charge in [-0.05, 0) is 31.1 Å². The molecule has 0 aliphatic carbocycles. The van der Waals surface area contributed by atoms with E-state index in [9.17, 15) is 0 Å². The first-order valence-corrected chi connectivity index (χ1v) is 8.21. The number of hydrogen-bond acceptors (Lipinski definition) is 4. The molecule has 3 nitrogen and oxygen atoms in total. The van der Waals surface area contributed by atoms with Crippen LogP contribution >= 0.6 is 11.8 Å². The van der Waals surface area contributed by atoms with Gasteiger partial charge >= 0.3 is 0 Å². The third-order valence-corrected chi connectivity index (χ3v) is 4.34. The first-order valence-electron chi connectivity index (χ1n) is 7.05. The molecule has 0 bridgehead atoms. The molecule has 4 heteroatoms. The molecule has 2 rings (SSSR count). The van der Waals surface area contributed by atoms with E-state index in [-0.39, 0.29) is 0 Å². The zero-order valence-corrected chi connectivity index (χ0v) is 12.1. The molecule has 1 atom stereocenters. The normalized spacial score (nSPS) is 18.5. The van der Waals surface area contributed by atoms with Gasteiger partial charge in [0.1, 0.15) is 5.75 Å². The number of hydrogen-bond donors (Lipinski definition) is 2. The summed E-state index contributed by atoms with van der Waals surface area (Å²) in [6, 6.07) is 8.75. The summed E-state index contributed by atoms with van der Waals surface area (Å²) in [6.07, 6.45) is 3.13. The number of thioether (sulfide) groups is 1. The van der Waals surface area contributed by atoms with Gasteiger partial charge in [0.2, 0.25) is 0 Å². The molecule has 106 valence electrons. The van der Waals surface area contributed by atoms with E-state index < -0.39 is 0 Å². The van der Waals surface area contributed by atoms with E-state index in [1.54, 1.807) is 0 Å². The highest BCUT2D eigenvalue weighted by atomic mass is 32.2. The van der Waals surface area contributed by atoms with Gasteiger partial charge in [0, 0.05) is 30.5 Å². The van der Waals surface area contributed by atoms with Crippen LogP contribution in [0.15, 0.2) is 24.3 Å². The Morgan fingerprint density at radius 1 is 1.32 bits per heavy atom. The van der Waals surface area contributed by atoms with E-state index in [1.807, 2.05) is 17.8 Å². The first kappa shape index (κ1) is 14.7. The molecule has 2 N–H and O–H groups in total. The van der Waals surface area contributed by atoms with Crippen LogP contribution in [0.3, 0.4) is 0 Å². The van der Waals surface area contributed by atoms with Crippen molar-refractivity contribution in [2.75, 3.05) is 31.3 Å². The Morgan fingerprint density at radius 2 is 2.21 bits per heavy atom. The number of benzene rings is 1. The summed E-state index contributed by atoms with van der Waals surface area (Å²) in [6.45, 7) is 2.13. The molecule has 1 aliphatic heterocycles. The SMILES string of the molecule is OCCCSCCNC1CCCOc2ccccc21. The summed E-state index contributed by atoms with van der Waals surface area (Å²) in [5.74, 6) is 3.17. The second kappa shape index (κ2) is 8.46. The van der Waals surface area contributed by atoms with E-state index in [2.05, 4.69) is 23.5 Å². The Kier molecular flexibility index (Phi) is 6.54. The van der Waals surface area contributed by atoms with Gasteiger partial charge in [0.25, 0.3) is 0 Å². The van der Waals surface area contributed by atoms with Crippen LogP contribution in [0.5, 0.6) is 5.75 Å². The Hall–Kier alpha value is -0.710. The number of aliphatic hydroxyl groups is 1. The molecule has 1 unspecified atom stereocenters. The van der Waals surface area contributed by atoms with Crippen LogP contribution in [0, 0.1) is 0 Å². The predicted octanol–water partition coefficient (Wildman–Crippen LogP) is 2.61. The number of nitrogens with one attached hydrogen (secondary N) is 1. The lowest BCUT2D eigenvalue weighted by Gasteiger charge is -2.18. The van der Waals surface area contributed by atoms with E-state index in [4.69, 9.17) is 9.84 Å². The third-order valence-electron chi connectivity index (χ3n) is 3.27. The maximum Gasteiger partial charge on any atom is 0.124 e. The zero-order valence-electron chi connectivity index (χ0n) is 11.3. The number of para-hydroxylation sites is 1. The summed E-state index contributed by atoms with van der Waals surface area (Å²) >= 11 is 1.90. The molecule has 19 heavy (non-hydrogen) atoms. The third kappa shape index (κ3) is 4.71. The van der Waals surface area contributed by atoms with Crippen molar-refractivity contribution in [2.45, 2.75) is 25.3 Å². The summed E-state index contributed by atoms with van der Waals surface area (Å²) in [4.78, 5) is 0. The van der Waals surface area contributed by atoms with Crippen LogP contribution in [-0.4, -0.2) is 36.4 Å². The van der Waals surface area contributed by atoms with Crippen molar-refractivity contribution in [1.82, 2.24) is 5.32 Å². The molecular weight excluding hydrogens is 258 g/mol. The van der Waals surface area contributed by atoms with Crippen molar-refractivity contribution in [2.24, 2.45) is 0 Å². The van der Waals surface area contributed by atoms with Crippen LogP contribution < -0.4 is 10.1 Å².